The third kappa shape index (κ3) is 1.77. The van der Waals surface area contributed by atoms with Gasteiger partial charge < -0.3 is 5.11 Å². The van der Waals surface area contributed by atoms with Gasteiger partial charge in [0.15, 0.2) is 0 Å². The fourth-order valence-corrected chi connectivity index (χ4v) is 0.982. The van der Waals surface area contributed by atoms with E-state index in [9.17, 15) is 0 Å². The van der Waals surface area contributed by atoms with E-state index in [0.717, 1.165) is 0 Å². The van der Waals surface area contributed by atoms with Crippen LogP contribution < -0.4 is 0 Å². The van der Waals surface area contributed by atoms with Crippen molar-refractivity contribution in [3.05, 3.63) is 34.9 Å². The van der Waals surface area contributed by atoms with Gasteiger partial charge in [0.1, 0.15) is 5.75 Å². The van der Waals surface area contributed by atoms with Crippen molar-refractivity contribution in [3.63, 3.8) is 0 Å². The summed E-state index contributed by atoms with van der Waals surface area (Å²) < 4.78 is 0. The zero-order chi connectivity index (χ0) is 8.97. The van der Waals surface area contributed by atoms with Crippen LogP contribution >= 0.6 is 11.6 Å². The molecule has 0 heterocycles. The molecule has 3 heteroatoms. The molecular weight excluding hydrogens is 174 g/mol. The summed E-state index contributed by atoms with van der Waals surface area (Å²) in [6.07, 6.45) is 2.85. The molecule has 1 aromatic rings. The highest BCUT2D eigenvalue weighted by Crippen LogP contribution is 2.27. The van der Waals surface area contributed by atoms with Crippen LogP contribution in [0.15, 0.2) is 24.3 Å². The monoisotopic (exact) mass is 179 g/mol. The van der Waals surface area contributed by atoms with Crippen molar-refractivity contribution >= 4 is 17.7 Å². The van der Waals surface area contributed by atoms with E-state index in [1.807, 2.05) is 6.07 Å². The van der Waals surface area contributed by atoms with E-state index in [1.165, 1.54) is 12.1 Å². The zero-order valence-electron chi connectivity index (χ0n) is 6.16. The number of allylic oxidation sites excluding steroid dienone is 1. The Morgan fingerprint density at radius 3 is 2.92 bits per heavy atom. The van der Waals surface area contributed by atoms with Gasteiger partial charge in [-0.25, -0.2) is 0 Å². The first kappa shape index (κ1) is 8.63. The molecule has 60 valence electrons. The molecule has 0 amide bonds. The molecule has 1 rings (SSSR count). The quantitative estimate of drug-likeness (QED) is 0.674. The number of phenolic OH excluding ortho intramolecular Hbond substituents is 1. The Bertz CT molecular complexity index is 352. The van der Waals surface area contributed by atoms with Crippen LogP contribution in [0.3, 0.4) is 0 Å². The summed E-state index contributed by atoms with van der Waals surface area (Å²) in [5.74, 6) is 0.0248. The molecule has 2 nitrogen and oxygen atoms in total. The van der Waals surface area contributed by atoms with Gasteiger partial charge in [0.2, 0.25) is 0 Å². The number of hydrogen-bond donors (Lipinski definition) is 1. The van der Waals surface area contributed by atoms with E-state index in [4.69, 9.17) is 22.0 Å². The van der Waals surface area contributed by atoms with Crippen molar-refractivity contribution in [1.29, 1.82) is 5.26 Å². The number of benzene rings is 1. The van der Waals surface area contributed by atoms with Crippen molar-refractivity contribution in [1.82, 2.24) is 0 Å². The van der Waals surface area contributed by atoms with E-state index in [0.29, 0.717) is 5.56 Å². The van der Waals surface area contributed by atoms with Crippen LogP contribution in [0.2, 0.25) is 5.02 Å². The molecule has 0 spiro atoms. The lowest BCUT2D eigenvalue weighted by atomic mass is 10.2. The summed E-state index contributed by atoms with van der Waals surface area (Å²) in [4.78, 5) is 0. The highest BCUT2D eigenvalue weighted by atomic mass is 35.5. The van der Waals surface area contributed by atoms with E-state index in [1.54, 1.807) is 18.2 Å². The van der Waals surface area contributed by atoms with E-state index < -0.39 is 0 Å². The Balaban J connectivity index is 3.10. The fraction of sp³-hybridized carbons (Fsp3) is 0. The molecule has 0 aromatic heterocycles. The molecule has 0 aliphatic heterocycles. The normalized spacial score (nSPS) is 10.0. The molecule has 1 aromatic carbocycles. The van der Waals surface area contributed by atoms with Gasteiger partial charge >= 0.3 is 0 Å². The first-order valence-electron chi connectivity index (χ1n) is 3.29. The average Bonchev–Trinajstić information content (AvgIpc) is 2.08. The lowest BCUT2D eigenvalue weighted by Crippen LogP contribution is -1.74. The summed E-state index contributed by atoms with van der Waals surface area (Å²) in [6.45, 7) is 0. The average molecular weight is 180 g/mol. The van der Waals surface area contributed by atoms with Crippen LogP contribution in [-0.4, -0.2) is 5.11 Å². The fourth-order valence-electron chi connectivity index (χ4n) is 0.793. The molecule has 0 saturated heterocycles. The smallest absolute Gasteiger partial charge is 0.134 e. The Morgan fingerprint density at radius 1 is 1.50 bits per heavy atom. The zero-order valence-corrected chi connectivity index (χ0v) is 6.92. The standard InChI is InChI=1S/C9H6ClNO/c10-9-7(4-2-6-11)3-1-5-8(9)12/h1-5,12H. The number of aromatic hydroxyl groups is 1. The van der Waals surface area contributed by atoms with Crippen molar-refractivity contribution in [2.24, 2.45) is 0 Å². The van der Waals surface area contributed by atoms with Crippen molar-refractivity contribution in [2.45, 2.75) is 0 Å². The maximum absolute atomic E-state index is 9.15. The third-order valence-corrected chi connectivity index (χ3v) is 1.76. The van der Waals surface area contributed by atoms with Crippen LogP contribution in [0, 0.1) is 11.3 Å². The first-order valence-corrected chi connectivity index (χ1v) is 3.67. The second-order valence-electron chi connectivity index (χ2n) is 2.14. The maximum atomic E-state index is 9.15. The Hall–Kier alpha value is -1.46. The lowest BCUT2D eigenvalue weighted by Gasteiger charge is -1.98. The minimum absolute atomic E-state index is 0.0248. The molecule has 0 atom stereocenters. The van der Waals surface area contributed by atoms with Crippen LogP contribution in [0.25, 0.3) is 6.08 Å². The summed E-state index contributed by atoms with van der Waals surface area (Å²) >= 11 is 5.72. The molecule has 0 saturated carbocycles. The number of nitriles is 1. The van der Waals surface area contributed by atoms with Gasteiger partial charge in [-0.2, -0.15) is 5.26 Å². The Kier molecular flexibility index (Phi) is 2.73. The number of nitrogens with zero attached hydrogens (tertiary/aromatic N) is 1. The molecule has 1 N–H and O–H groups in total. The second kappa shape index (κ2) is 3.80. The lowest BCUT2D eigenvalue weighted by molar-refractivity contribution is 0.475. The molecule has 0 bridgehead atoms. The topological polar surface area (TPSA) is 44.0 Å². The molecule has 12 heavy (non-hydrogen) atoms. The van der Waals surface area contributed by atoms with Crippen molar-refractivity contribution < 1.29 is 5.11 Å². The summed E-state index contributed by atoms with van der Waals surface area (Å²) in [5, 5.41) is 17.7. The maximum Gasteiger partial charge on any atom is 0.134 e. The predicted molar refractivity (Wildman–Crippen MR) is 47.8 cm³/mol. The SMILES string of the molecule is N#CC=Cc1cccc(O)c1Cl. The van der Waals surface area contributed by atoms with Crippen molar-refractivity contribution in [3.8, 4) is 11.8 Å². The van der Waals surface area contributed by atoms with Gasteiger partial charge in [0, 0.05) is 6.08 Å². The molecular formula is C9H6ClNO. The van der Waals surface area contributed by atoms with E-state index in [2.05, 4.69) is 0 Å². The number of hydrogen-bond acceptors (Lipinski definition) is 2. The van der Waals surface area contributed by atoms with E-state index in [-0.39, 0.29) is 10.8 Å². The van der Waals surface area contributed by atoms with Crippen LogP contribution in [0.5, 0.6) is 5.75 Å². The van der Waals surface area contributed by atoms with Crippen molar-refractivity contribution in [2.75, 3.05) is 0 Å². The second-order valence-corrected chi connectivity index (χ2v) is 2.52. The molecule has 0 unspecified atom stereocenters. The summed E-state index contributed by atoms with van der Waals surface area (Å²) in [6, 6.07) is 6.72. The van der Waals surface area contributed by atoms with Gasteiger partial charge in [-0.15, -0.1) is 0 Å². The van der Waals surface area contributed by atoms with Crippen LogP contribution in [0.1, 0.15) is 5.56 Å². The van der Waals surface area contributed by atoms with Gasteiger partial charge in [-0.3, -0.25) is 0 Å². The minimum atomic E-state index is 0.0248. The number of rotatable bonds is 1. The van der Waals surface area contributed by atoms with Crippen LogP contribution in [-0.2, 0) is 0 Å². The summed E-state index contributed by atoms with van der Waals surface area (Å²) in [5.41, 5.74) is 0.637. The predicted octanol–water partition coefficient (Wildman–Crippen LogP) is 2.58. The van der Waals surface area contributed by atoms with Gasteiger partial charge in [0.25, 0.3) is 0 Å². The Labute approximate surface area is 75.3 Å². The van der Waals surface area contributed by atoms with Gasteiger partial charge in [-0.1, -0.05) is 23.7 Å². The minimum Gasteiger partial charge on any atom is -0.506 e. The third-order valence-electron chi connectivity index (χ3n) is 1.35. The summed E-state index contributed by atoms with van der Waals surface area (Å²) in [7, 11) is 0. The highest BCUT2D eigenvalue weighted by molar-refractivity contribution is 6.33. The van der Waals surface area contributed by atoms with Gasteiger partial charge in [-0.05, 0) is 17.7 Å². The van der Waals surface area contributed by atoms with E-state index >= 15 is 0 Å². The van der Waals surface area contributed by atoms with Gasteiger partial charge in [0.05, 0.1) is 11.1 Å². The molecule has 0 aliphatic carbocycles. The molecule has 0 aliphatic rings. The Morgan fingerprint density at radius 2 is 2.25 bits per heavy atom. The van der Waals surface area contributed by atoms with Crippen LogP contribution in [0.4, 0.5) is 0 Å². The first-order chi connectivity index (χ1) is 5.75. The molecule has 0 radical (unpaired) electrons. The highest BCUT2D eigenvalue weighted by Gasteiger charge is 2.00. The molecule has 0 fully saturated rings. The largest absolute Gasteiger partial charge is 0.506 e. The number of halogens is 1. The number of phenols is 1.